The second-order valence-electron chi connectivity index (χ2n) is 7.28. The maximum absolute atomic E-state index is 13.3. The first-order chi connectivity index (χ1) is 14.3. The molecule has 4 rings (SSSR count). The van der Waals surface area contributed by atoms with Gasteiger partial charge >= 0.3 is 0 Å². The van der Waals surface area contributed by atoms with Crippen LogP contribution < -0.4 is 9.62 Å². The normalized spacial score (nSPS) is 13.6. The fourth-order valence-electron chi connectivity index (χ4n) is 3.62. The number of carbonyl (C=O) groups excluding carboxylic acids is 1. The van der Waals surface area contributed by atoms with Crippen molar-refractivity contribution < 1.29 is 17.6 Å². The van der Waals surface area contributed by atoms with E-state index in [0.29, 0.717) is 17.7 Å². The molecule has 0 aliphatic carbocycles. The van der Waals surface area contributed by atoms with Crippen LogP contribution in [0.15, 0.2) is 71.6 Å². The Kier molecular flexibility index (Phi) is 5.30. The monoisotopic (exact) mass is 424 g/mol. The van der Waals surface area contributed by atoms with Gasteiger partial charge in [0.15, 0.2) is 0 Å². The molecule has 0 spiro atoms. The fourth-order valence-corrected chi connectivity index (χ4v) is 4.71. The van der Waals surface area contributed by atoms with Crippen molar-refractivity contribution in [1.29, 1.82) is 0 Å². The highest BCUT2D eigenvalue weighted by Gasteiger charge is 2.26. The van der Waals surface area contributed by atoms with Gasteiger partial charge in [-0.3, -0.25) is 9.52 Å². The summed E-state index contributed by atoms with van der Waals surface area (Å²) in [5, 5.41) is 0. The van der Waals surface area contributed by atoms with E-state index < -0.39 is 15.8 Å². The molecule has 3 aromatic carbocycles. The topological polar surface area (TPSA) is 66.5 Å². The van der Waals surface area contributed by atoms with Crippen LogP contribution >= 0.6 is 0 Å². The molecule has 0 atom stereocenters. The number of carbonyl (C=O) groups is 1. The number of benzene rings is 3. The van der Waals surface area contributed by atoms with Gasteiger partial charge in [0.25, 0.3) is 15.9 Å². The number of nitrogens with zero attached hydrogens (tertiary/aromatic N) is 1. The van der Waals surface area contributed by atoms with Crippen LogP contribution in [0.5, 0.6) is 0 Å². The van der Waals surface area contributed by atoms with Gasteiger partial charge in [-0.15, -0.1) is 0 Å². The number of hydrogen-bond acceptors (Lipinski definition) is 3. The number of sulfonamides is 1. The van der Waals surface area contributed by atoms with Crippen molar-refractivity contribution >= 4 is 27.3 Å². The second-order valence-corrected chi connectivity index (χ2v) is 8.96. The molecular weight excluding hydrogens is 403 g/mol. The van der Waals surface area contributed by atoms with Crippen molar-refractivity contribution in [2.24, 2.45) is 0 Å². The van der Waals surface area contributed by atoms with Crippen LogP contribution in [0.1, 0.15) is 27.9 Å². The van der Waals surface area contributed by atoms with Crippen molar-refractivity contribution in [2.75, 3.05) is 16.2 Å². The smallest absolute Gasteiger partial charge is 0.261 e. The van der Waals surface area contributed by atoms with Gasteiger partial charge in [-0.25, -0.2) is 12.8 Å². The molecule has 5 nitrogen and oxygen atoms in total. The summed E-state index contributed by atoms with van der Waals surface area (Å²) in [7, 11) is -3.93. The molecule has 3 aromatic rings. The minimum absolute atomic E-state index is 0.0222. The van der Waals surface area contributed by atoms with Gasteiger partial charge in [0, 0.05) is 23.5 Å². The summed E-state index contributed by atoms with van der Waals surface area (Å²) >= 11 is 0. The zero-order valence-corrected chi connectivity index (χ0v) is 17.2. The van der Waals surface area contributed by atoms with Crippen molar-refractivity contribution in [2.45, 2.75) is 24.7 Å². The molecule has 7 heteroatoms. The number of anilines is 2. The van der Waals surface area contributed by atoms with E-state index >= 15 is 0 Å². The highest BCUT2D eigenvalue weighted by atomic mass is 32.2. The summed E-state index contributed by atoms with van der Waals surface area (Å²) < 4.78 is 41.1. The predicted molar refractivity (Wildman–Crippen MR) is 115 cm³/mol. The van der Waals surface area contributed by atoms with Gasteiger partial charge in [0.1, 0.15) is 5.82 Å². The Labute approximate surface area is 175 Å². The van der Waals surface area contributed by atoms with Gasteiger partial charge in [-0.2, -0.15) is 0 Å². The molecule has 0 radical (unpaired) electrons. The summed E-state index contributed by atoms with van der Waals surface area (Å²) in [6.07, 6.45) is 1.76. The standard InChI is InChI=1S/C23H21FN2O3S/c1-16-8-13-20(30(28,29)25-19-11-9-18(24)10-12-19)15-21(16)23(27)26-14-4-6-17-5-2-3-7-22(17)26/h2-3,5,7-13,15,25H,4,6,14H2,1H3. The molecule has 0 aromatic heterocycles. The number of amides is 1. The molecule has 0 fully saturated rings. The minimum atomic E-state index is -3.93. The Hall–Kier alpha value is -3.19. The van der Waals surface area contributed by atoms with Crippen molar-refractivity contribution in [3.63, 3.8) is 0 Å². The van der Waals surface area contributed by atoms with Crippen molar-refractivity contribution in [3.8, 4) is 0 Å². The van der Waals surface area contributed by atoms with Crippen LogP contribution in [0.25, 0.3) is 0 Å². The van der Waals surface area contributed by atoms with Crippen LogP contribution in [0.4, 0.5) is 15.8 Å². The Balaban J connectivity index is 1.67. The predicted octanol–water partition coefficient (Wildman–Crippen LogP) is 4.53. The van der Waals surface area contributed by atoms with Gasteiger partial charge in [0.05, 0.1) is 4.90 Å². The molecule has 154 valence electrons. The number of para-hydroxylation sites is 1. The Morgan fingerprint density at radius 2 is 1.77 bits per heavy atom. The first kappa shape index (κ1) is 20.1. The van der Waals surface area contributed by atoms with E-state index in [9.17, 15) is 17.6 Å². The first-order valence-electron chi connectivity index (χ1n) is 9.64. The van der Waals surface area contributed by atoms with Gasteiger partial charge < -0.3 is 4.90 Å². The molecule has 0 unspecified atom stereocenters. The summed E-state index contributed by atoms with van der Waals surface area (Å²) in [4.78, 5) is 15.0. The molecule has 1 amide bonds. The Morgan fingerprint density at radius 3 is 2.53 bits per heavy atom. The van der Waals surface area contributed by atoms with Gasteiger partial charge in [0.2, 0.25) is 0 Å². The number of rotatable bonds is 4. The molecule has 1 N–H and O–H groups in total. The lowest BCUT2D eigenvalue weighted by atomic mass is 10.00. The third-order valence-electron chi connectivity index (χ3n) is 5.20. The summed E-state index contributed by atoms with van der Waals surface area (Å²) in [6, 6.07) is 17.3. The van der Waals surface area contributed by atoms with E-state index in [1.807, 2.05) is 24.3 Å². The first-order valence-corrected chi connectivity index (χ1v) is 11.1. The fraction of sp³-hybridized carbons (Fsp3) is 0.174. The van der Waals surface area contributed by atoms with E-state index in [1.165, 1.54) is 36.4 Å². The lowest BCUT2D eigenvalue weighted by molar-refractivity contribution is 0.0984. The summed E-state index contributed by atoms with van der Waals surface area (Å²) in [6.45, 7) is 2.37. The number of halogens is 1. The largest absolute Gasteiger partial charge is 0.308 e. The molecule has 30 heavy (non-hydrogen) atoms. The summed E-state index contributed by atoms with van der Waals surface area (Å²) in [5.74, 6) is -0.679. The maximum atomic E-state index is 13.3. The van der Waals surface area contributed by atoms with E-state index in [-0.39, 0.29) is 16.5 Å². The van der Waals surface area contributed by atoms with E-state index in [1.54, 1.807) is 17.9 Å². The number of aryl methyl sites for hydroxylation is 2. The zero-order chi connectivity index (χ0) is 21.3. The molecule has 1 aliphatic rings. The minimum Gasteiger partial charge on any atom is -0.308 e. The highest BCUT2D eigenvalue weighted by Crippen LogP contribution is 2.29. The lowest BCUT2D eigenvalue weighted by Crippen LogP contribution is -2.36. The molecule has 1 heterocycles. The van der Waals surface area contributed by atoms with E-state index in [4.69, 9.17) is 0 Å². The van der Waals surface area contributed by atoms with Gasteiger partial charge in [-0.05, 0) is 73.4 Å². The van der Waals surface area contributed by atoms with Crippen LogP contribution in [-0.4, -0.2) is 20.9 Å². The summed E-state index contributed by atoms with van der Waals surface area (Å²) in [5.41, 5.74) is 3.26. The molecule has 0 saturated carbocycles. The maximum Gasteiger partial charge on any atom is 0.261 e. The third kappa shape index (κ3) is 3.93. The number of hydrogen-bond donors (Lipinski definition) is 1. The van der Waals surface area contributed by atoms with Gasteiger partial charge in [-0.1, -0.05) is 24.3 Å². The van der Waals surface area contributed by atoms with Crippen molar-refractivity contribution in [1.82, 2.24) is 0 Å². The average Bonchev–Trinajstić information content (AvgIpc) is 2.74. The number of nitrogens with one attached hydrogen (secondary N) is 1. The van der Waals surface area contributed by atoms with Crippen LogP contribution in [0, 0.1) is 12.7 Å². The molecular formula is C23H21FN2O3S. The highest BCUT2D eigenvalue weighted by molar-refractivity contribution is 7.92. The SMILES string of the molecule is Cc1ccc(S(=O)(=O)Nc2ccc(F)cc2)cc1C(=O)N1CCCc2ccccc21. The van der Waals surface area contributed by atoms with E-state index in [0.717, 1.165) is 24.1 Å². The van der Waals surface area contributed by atoms with E-state index in [2.05, 4.69) is 4.72 Å². The zero-order valence-electron chi connectivity index (χ0n) is 16.4. The molecule has 0 bridgehead atoms. The quantitative estimate of drug-likeness (QED) is 0.669. The lowest BCUT2D eigenvalue weighted by Gasteiger charge is -2.30. The van der Waals surface area contributed by atoms with Crippen LogP contribution in [0.3, 0.4) is 0 Å². The second kappa shape index (κ2) is 7.91. The average molecular weight is 424 g/mol. The van der Waals surface area contributed by atoms with Crippen LogP contribution in [0.2, 0.25) is 0 Å². The van der Waals surface area contributed by atoms with Crippen molar-refractivity contribution in [3.05, 3.63) is 89.2 Å². The molecule has 1 aliphatic heterocycles. The molecule has 0 saturated heterocycles. The Bertz CT molecular complexity index is 1210. The van der Waals surface area contributed by atoms with Crippen LogP contribution in [-0.2, 0) is 16.4 Å². The number of fused-ring (bicyclic) bond motifs is 1. The third-order valence-corrected chi connectivity index (χ3v) is 6.58. The Morgan fingerprint density at radius 1 is 1.03 bits per heavy atom.